The summed E-state index contributed by atoms with van der Waals surface area (Å²) in [6, 6.07) is 6.43. The first-order valence-electron chi connectivity index (χ1n) is 9.17. The number of amides is 1. The number of carbonyl (C=O) groups is 1. The van der Waals surface area contributed by atoms with Crippen LogP contribution in [0.25, 0.3) is 11.1 Å². The van der Waals surface area contributed by atoms with Crippen LogP contribution in [0, 0.1) is 0 Å². The molecule has 1 aromatic carbocycles. The molecule has 0 saturated heterocycles. The molecular weight excluding hydrogens is 312 g/mol. The van der Waals surface area contributed by atoms with Gasteiger partial charge in [0.2, 0.25) is 5.91 Å². The normalized spacial score (nSPS) is 19.5. The summed E-state index contributed by atoms with van der Waals surface area (Å²) in [7, 11) is 1.86. The second-order valence-electron chi connectivity index (χ2n) is 6.89. The van der Waals surface area contributed by atoms with Gasteiger partial charge < -0.3 is 9.64 Å². The Labute approximate surface area is 148 Å². The molecule has 1 atom stereocenters. The Kier molecular flexibility index (Phi) is 4.30. The van der Waals surface area contributed by atoms with Crippen molar-refractivity contribution in [3.63, 3.8) is 0 Å². The molecule has 130 valence electrons. The van der Waals surface area contributed by atoms with Gasteiger partial charge >= 0.3 is 0 Å². The largest absolute Gasteiger partial charge is 0.374 e. The van der Waals surface area contributed by atoms with Crippen molar-refractivity contribution in [2.24, 2.45) is 0 Å². The lowest BCUT2D eigenvalue weighted by atomic mass is 9.85. The minimum atomic E-state index is 0.169. The van der Waals surface area contributed by atoms with E-state index in [4.69, 9.17) is 4.74 Å². The summed E-state index contributed by atoms with van der Waals surface area (Å²) in [6.07, 6.45) is 8.82. The Morgan fingerprint density at radius 3 is 2.96 bits per heavy atom. The van der Waals surface area contributed by atoms with Crippen LogP contribution in [-0.2, 0) is 22.4 Å². The topological polar surface area (TPSA) is 42.4 Å². The summed E-state index contributed by atoms with van der Waals surface area (Å²) < 4.78 is 5.93. The summed E-state index contributed by atoms with van der Waals surface area (Å²) >= 11 is 0. The number of carbonyl (C=O) groups excluding carboxylic acids is 1. The molecule has 4 rings (SSSR count). The highest BCUT2D eigenvalue weighted by Crippen LogP contribution is 2.39. The van der Waals surface area contributed by atoms with E-state index >= 15 is 0 Å². The molecule has 0 saturated carbocycles. The van der Waals surface area contributed by atoms with E-state index in [-0.39, 0.29) is 12.0 Å². The molecule has 1 aliphatic heterocycles. The standard InChI is InChI=1S/C21H24N2O2/c1-3-25-20-6-4-5-16-17(12-22-13-18(16)20)14-7-9-19-15(11-14)8-10-21(24)23(19)2/h7,9,11-13,20H,3-6,8,10H2,1-2H3/t20-/m1/s1. The van der Waals surface area contributed by atoms with Crippen LogP contribution in [0.5, 0.6) is 0 Å². The van der Waals surface area contributed by atoms with E-state index in [9.17, 15) is 4.79 Å². The molecule has 0 spiro atoms. The van der Waals surface area contributed by atoms with Crippen LogP contribution in [0.15, 0.2) is 30.6 Å². The van der Waals surface area contributed by atoms with Gasteiger partial charge in [0.05, 0.1) is 6.10 Å². The lowest BCUT2D eigenvalue weighted by molar-refractivity contribution is -0.118. The SMILES string of the molecule is CCO[C@@H]1CCCc2c(-c3ccc4c(c3)CCC(=O)N4C)cncc21. The summed E-state index contributed by atoms with van der Waals surface area (Å²) in [5, 5.41) is 0. The maximum atomic E-state index is 11.9. The van der Waals surface area contributed by atoms with E-state index in [0.717, 1.165) is 38.0 Å². The number of nitrogens with zero attached hydrogens (tertiary/aromatic N) is 2. The van der Waals surface area contributed by atoms with E-state index in [1.807, 2.05) is 26.4 Å². The molecule has 2 aromatic rings. The van der Waals surface area contributed by atoms with Crippen LogP contribution in [0.3, 0.4) is 0 Å². The highest BCUT2D eigenvalue weighted by Gasteiger charge is 2.25. The molecule has 0 radical (unpaired) electrons. The van der Waals surface area contributed by atoms with Crippen molar-refractivity contribution in [3.05, 3.63) is 47.3 Å². The van der Waals surface area contributed by atoms with Crippen LogP contribution in [0.4, 0.5) is 5.69 Å². The van der Waals surface area contributed by atoms with Crippen molar-refractivity contribution in [2.75, 3.05) is 18.6 Å². The third-order valence-corrected chi connectivity index (χ3v) is 5.43. The highest BCUT2D eigenvalue weighted by atomic mass is 16.5. The quantitative estimate of drug-likeness (QED) is 0.848. The number of ether oxygens (including phenoxy) is 1. The molecule has 1 aromatic heterocycles. The molecule has 4 heteroatoms. The first-order valence-corrected chi connectivity index (χ1v) is 9.17. The maximum Gasteiger partial charge on any atom is 0.227 e. The van der Waals surface area contributed by atoms with E-state index in [1.165, 1.54) is 27.8 Å². The van der Waals surface area contributed by atoms with Crippen LogP contribution in [0.2, 0.25) is 0 Å². The minimum absolute atomic E-state index is 0.169. The average molecular weight is 336 g/mol. The molecule has 0 bridgehead atoms. The number of hydrogen-bond acceptors (Lipinski definition) is 3. The zero-order chi connectivity index (χ0) is 17.4. The number of rotatable bonds is 3. The smallest absolute Gasteiger partial charge is 0.227 e. The molecule has 1 aliphatic carbocycles. The molecular formula is C21H24N2O2. The van der Waals surface area contributed by atoms with Crippen molar-refractivity contribution in [2.45, 2.75) is 45.1 Å². The maximum absolute atomic E-state index is 11.9. The Morgan fingerprint density at radius 1 is 1.24 bits per heavy atom. The van der Waals surface area contributed by atoms with Gasteiger partial charge in [-0.25, -0.2) is 0 Å². The van der Waals surface area contributed by atoms with E-state index in [1.54, 1.807) is 4.90 Å². The summed E-state index contributed by atoms with van der Waals surface area (Å²) in [5.41, 5.74) is 7.31. The fraction of sp³-hybridized carbons (Fsp3) is 0.429. The number of pyridine rings is 1. The molecule has 2 heterocycles. The Morgan fingerprint density at radius 2 is 2.12 bits per heavy atom. The van der Waals surface area contributed by atoms with Crippen molar-refractivity contribution < 1.29 is 9.53 Å². The predicted octanol–water partition coefficient (Wildman–Crippen LogP) is 4.07. The zero-order valence-corrected chi connectivity index (χ0v) is 14.9. The number of fused-ring (bicyclic) bond motifs is 2. The van der Waals surface area contributed by atoms with Gasteiger partial charge in [-0.05, 0) is 61.4 Å². The zero-order valence-electron chi connectivity index (χ0n) is 14.9. The first kappa shape index (κ1) is 16.3. The van der Waals surface area contributed by atoms with Crippen LogP contribution < -0.4 is 4.90 Å². The Bertz CT molecular complexity index is 816. The van der Waals surface area contributed by atoms with Crippen molar-refractivity contribution in [3.8, 4) is 11.1 Å². The number of benzene rings is 1. The predicted molar refractivity (Wildman–Crippen MR) is 98.7 cm³/mol. The molecule has 0 N–H and O–H groups in total. The van der Waals surface area contributed by atoms with Gasteiger partial charge in [0, 0.05) is 49.3 Å². The minimum Gasteiger partial charge on any atom is -0.374 e. The van der Waals surface area contributed by atoms with Crippen molar-refractivity contribution in [1.82, 2.24) is 4.98 Å². The van der Waals surface area contributed by atoms with Gasteiger partial charge in [-0.3, -0.25) is 9.78 Å². The van der Waals surface area contributed by atoms with Gasteiger partial charge in [-0.2, -0.15) is 0 Å². The van der Waals surface area contributed by atoms with E-state index in [0.29, 0.717) is 6.42 Å². The molecule has 4 nitrogen and oxygen atoms in total. The fourth-order valence-electron chi connectivity index (χ4n) is 4.13. The number of aromatic nitrogens is 1. The lowest BCUT2D eigenvalue weighted by Crippen LogP contribution is -2.31. The molecule has 0 unspecified atom stereocenters. The summed E-state index contributed by atoms with van der Waals surface area (Å²) in [5.74, 6) is 0.193. The lowest BCUT2D eigenvalue weighted by Gasteiger charge is -2.28. The van der Waals surface area contributed by atoms with Gasteiger partial charge in [0.1, 0.15) is 0 Å². The third-order valence-electron chi connectivity index (χ3n) is 5.43. The number of anilines is 1. The average Bonchev–Trinajstić information content (AvgIpc) is 2.65. The third kappa shape index (κ3) is 2.85. The highest BCUT2D eigenvalue weighted by molar-refractivity contribution is 5.96. The van der Waals surface area contributed by atoms with Gasteiger partial charge in [0.15, 0.2) is 0 Å². The summed E-state index contributed by atoms with van der Waals surface area (Å²) in [6.45, 7) is 2.78. The molecule has 0 fully saturated rings. The van der Waals surface area contributed by atoms with Crippen molar-refractivity contribution >= 4 is 11.6 Å². The Hall–Kier alpha value is -2.20. The molecule has 2 aliphatic rings. The Balaban J connectivity index is 1.76. The first-order chi connectivity index (χ1) is 12.2. The van der Waals surface area contributed by atoms with Crippen LogP contribution in [-0.4, -0.2) is 24.5 Å². The summed E-state index contributed by atoms with van der Waals surface area (Å²) in [4.78, 5) is 18.2. The second kappa shape index (κ2) is 6.60. The number of aryl methyl sites for hydroxylation is 1. The van der Waals surface area contributed by atoms with E-state index in [2.05, 4.69) is 23.2 Å². The molecule has 25 heavy (non-hydrogen) atoms. The fourth-order valence-corrected chi connectivity index (χ4v) is 4.13. The van der Waals surface area contributed by atoms with Gasteiger partial charge in [-0.1, -0.05) is 6.07 Å². The van der Waals surface area contributed by atoms with E-state index < -0.39 is 0 Å². The second-order valence-corrected chi connectivity index (χ2v) is 6.89. The van der Waals surface area contributed by atoms with Crippen LogP contribution >= 0.6 is 0 Å². The molecule has 1 amide bonds. The monoisotopic (exact) mass is 336 g/mol. The van der Waals surface area contributed by atoms with Gasteiger partial charge in [0.25, 0.3) is 0 Å². The van der Waals surface area contributed by atoms with Gasteiger partial charge in [-0.15, -0.1) is 0 Å². The van der Waals surface area contributed by atoms with Crippen LogP contribution in [0.1, 0.15) is 49.0 Å². The van der Waals surface area contributed by atoms with Crippen molar-refractivity contribution in [1.29, 1.82) is 0 Å². The number of hydrogen-bond donors (Lipinski definition) is 0.